The standard InChI is InChI=1S/C20H22ClN3O2/c1-13-10-15(21)4-9-18(13)22-20(26)14-11-19(25)24(12-14)17-7-5-16(6-8-17)23(2)3/h4-10,14H,11-12H2,1-3H3,(H,22,26). The molecule has 1 fully saturated rings. The topological polar surface area (TPSA) is 52.7 Å². The number of halogens is 1. The number of carbonyl (C=O) groups excluding carboxylic acids is 2. The molecule has 0 bridgehead atoms. The first-order valence-corrected chi connectivity index (χ1v) is 8.87. The van der Waals surface area contributed by atoms with Gasteiger partial charge in [-0.3, -0.25) is 9.59 Å². The van der Waals surface area contributed by atoms with Crippen molar-refractivity contribution in [2.24, 2.45) is 5.92 Å². The summed E-state index contributed by atoms with van der Waals surface area (Å²) in [5, 5.41) is 3.54. The van der Waals surface area contributed by atoms with Gasteiger partial charge in [0.1, 0.15) is 0 Å². The van der Waals surface area contributed by atoms with Gasteiger partial charge < -0.3 is 15.1 Å². The number of hydrogen-bond donors (Lipinski definition) is 1. The Labute approximate surface area is 158 Å². The first-order valence-electron chi connectivity index (χ1n) is 8.50. The highest BCUT2D eigenvalue weighted by Crippen LogP contribution is 2.28. The van der Waals surface area contributed by atoms with Gasteiger partial charge >= 0.3 is 0 Å². The largest absolute Gasteiger partial charge is 0.378 e. The van der Waals surface area contributed by atoms with Crippen molar-refractivity contribution in [3.63, 3.8) is 0 Å². The highest BCUT2D eigenvalue weighted by molar-refractivity contribution is 6.30. The molecule has 6 heteroatoms. The van der Waals surface area contributed by atoms with Crippen LogP contribution in [-0.2, 0) is 9.59 Å². The van der Waals surface area contributed by atoms with Gasteiger partial charge in [0.15, 0.2) is 0 Å². The van der Waals surface area contributed by atoms with Gasteiger partial charge in [-0.05, 0) is 55.0 Å². The normalized spacial score (nSPS) is 16.7. The molecular formula is C20H22ClN3O2. The number of benzene rings is 2. The molecule has 1 unspecified atom stereocenters. The minimum atomic E-state index is -0.369. The lowest BCUT2D eigenvalue weighted by Gasteiger charge is -2.19. The molecule has 0 radical (unpaired) electrons. The van der Waals surface area contributed by atoms with Gasteiger partial charge in [0, 0.05) is 49.1 Å². The summed E-state index contributed by atoms with van der Waals surface area (Å²) in [5.41, 5.74) is 3.50. The zero-order chi connectivity index (χ0) is 18.8. The van der Waals surface area contributed by atoms with Gasteiger partial charge in [0.2, 0.25) is 11.8 Å². The summed E-state index contributed by atoms with van der Waals surface area (Å²) < 4.78 is 0. The summed E-state index contributed by atoms with van der Waals surface area (Å²) >= 11 is 5.95. The Kier molecular flexibility index (Phi) is 5.18. The molecule has 2 amide bonds. The molecular weight excluding hydrogens is 350 g/mol. The smallest absolute Gasteiger partial charge is 0.229 e. The van der Waals surface area contributed by atoms with Crippen LogP contribution in [0.25, 0.3) is 0 Å². The lowest BCUT2D eigenvalue weighted by atomic mass is 10.1. The van der Waals surface area contributed by atoms with Crippen LogP contribution in [0, 0.1) is 12.8 Å². The van der Waals surface area contributed by atoms with Crippen molar-refractivity contribution in [2.45, 2.75) is 13.3 Å². The van der Waals surface area contributed by atoms with E-state index in [0.29, 0.717) is 11.6 Å². The van der Waals surface area contributed by atoms with Crippen molar-refractivity contribution in [2.75, 3.05) is 35.8 Å². The average Bonchev–Trinajstić information content (AvgIpc) is 2.99. The number of rotatable bonds is 4. The monoisotopic (exact) mass is 371 g/mol. The Morgan fingerprint density at radius 1 is 1.19 bits per heavy atom. The van der Waals surface area contributed by atoms with Crippen molar-refractivity contribution in [1.82, 2.24) is 0 Å². The van der Waals surface area contributed by atoms with E-state index < -0.39 is 0 Å². The van der Waals surface area contributed by atoms with Crippen molar-refractivity contribution >= 4 is 40.5 Å². The SMILES string of the molecule is Cc1cc(Cl)ccc1NC(=O)C1CC(=O)N(c2ccc(N(C)C)cc2)C1. The van der Waals surface area contributed by atoms with Gasteiger partial charge in [0.05, 0.1) is 5.92 Å². The minimum Gasteiger partial charge on any atom is -0.378 e. The van der Waals surface area contributed by atoms with Gasteiger partial charge in [-0.25, -0.2) is 0 Å². The number of anilines is 3. The van der Waals surface area contributed by atoms with Crippen LogP contribution in [0.2, 0.25) is 5.02 Å². The third-order valence-corrected chi connectivity index (χ3v) is 4.86. The van der Waals surface area contributed by atoms with Crippen molar-refractivity contribution < 1.29 is 9.59 Å². The second-order valence-electron chi connectivity index (χ2n) is 6.76. The van der Waals surface area contributed by atoms with E-state index in [1.54, 1.807) is 23.1 Å². The van der Waals surface area contributed by atoms with Crippen LogP contribution in [-0.4, -0.2) is 32.5 Å². The fourth-order valence-corrected chi connectivity index (χ4v) is 3.29. The van der Waals surface area contributed by atoms with Crippen LogP contribution in [0.5, 0.6) is 0 Å². The molecule has 26 heavy (non-hydrogen) atoms. The third-order valence-electron chi connectivity index (χ3n) is 4.62. The van der Waals surface area contributed by atoms with Gasteiger partial charge in [-0.1, -0.05) is 11.6 Å². The van der Waals surface area contributed by atoms with Crippen LogP contribution in [0.1, 0.15) is 12.0 Å². The number of hydrogen-bond acceptors (Lipinski definition) is 3. The minimum absolute atomic E-state index is 0.0319. The van der Waals surface area contributed by atoms with E-state index in [1.165, 1.54) is 0 Å². The number of nitrogens with zero attached hydrogens (tertiary/aromatic N) is 2. The molecule has 0 saturated carbocycles. The molecule has 1 atom stereocenters. The first kappa shape index (κ1) is 18.3. The zero-order valence-electron chi connectivity index (χ0n) is 15.1. The molecule has 0 aromatic heterocycles. The lowest BCUT2D eigenvalue weighted by Crippen LogP contribution is -2.28. The van der Waals surface area contributed by atoms with Crippen LogP contribution >= 0.6 is 11.6 Å². The Morgan fingerprint density at radius 3 is 2.50 bits per heavy atom. The maximum atomic E-state index is 12.6. The summed E-state index contributed by atoms with van der Waals surface area (Å²) in [7, 11) is 3.93. The molecule has 3 rings (SSSR count). The number of aryl methyl sites for hydroxylation is 1. The molecule has 5 nitrogen and oxygen atoms in total. The second-order valence-corrected chi connectivity index (χ2v) is 7.20. The van der Waals surface area contributed by atoms with Crippen molar-refractivity contribution in [3.05, 3.63) is 53.1 Å². The van der Waals surface area contributed by atoms with E-state index in [0.717, 1.165) is 22.6 Å². The fraction of sp³-hybridized carbons (Fsp3) is 0.300. The van der Waals surface area contributed by atoms with Gasteiger partial charge in [0.25, 0.3) is 0 Å². The number of amides is 2. The highest BCUT2D eigenvalue weighted by atomic mass is 35.5. The molecule has 2 aromatic rings. The first-order chi connectivity index (χ1) is 12.3. The molecule has 2 aromatic carbocycles. The fourth-order valence-electron chi connectivity index (χ4n) is 3.07. The van der Waals surface area contributed by atoms with E-state index in [4.69, 9.17) is 11.6 Å². The maximum Gasteiger partial charge on any atom is 0.229 e. The second kappa shape index (κ2) is 7.38. The van der Waals surface area contributed by atoms with Crippen LogP contribution in [0.15, 0.2) is 42.5 Å². The summed E-state index contributed by atoms with van der Waals surface area (Å²) in [6.07, 6.45) is 0.216. The molecule has 1 aliphatic heterocycles. The molecule has 1 heterocycles. The molecule has 1 aliphatic rings. The molecule has 0 spiro atoms. The van der Waals surface area contributed by atoms with Crippen LogP contribution in [0.3, 0.4) is 0 Å². The van der Waals surface area contributed by atoms with Gasteiger partial charge in [-0.15, -0.1) is 0 Å². The zero-order valence-corrected chi connectivity index (χ0v) is 15.9. The quantitative estimate of drug-likeness (QED) is 0.891. The third kappa shape index (κ3) is 3.83. The van der Waals surface area contributed by atoms with E-state index in [9.17, 15) is 9.59 Å². The Balaban J connectivity index is 1.69. The number of nitrogens with one attached hydrogen (secondary N) is 1. The summed E-state index contributed by atoms with van der Waals surface area (Å²) in [4.78, 5) is 28.7. The van der Waals surface area contributed by atoms with Gasteiger partial charge in [-0.2, -0.15) is 0 Å². The van der Waals surface area contributed by atoms with Crippen LogP contribution in [0.4, 0.5) is 17.1 Å². The molecule has 136 valence electrons. The van der Waals surface area contributed by atoms with E-state index in [1.807, 2.05) is 50.2 Å². The van der Waals surface area contributed by atoms with E-state index in [-0.39, 0.29) is 24.2 Å². The molecule has 1 N–H and O–H groups in total. The average molecular weight is 372 g/mol. The Morgan fingerprint density at radius 2 is 1.88 bits per heavy atom. The maximum absolute atomic E-state index is 12.6. The van der Waals surface area contributed by atoms with Crippen LogP contribution < -0.4 is 15.1 Å². The number of carbonyl (C=O) groups is 2. The Hall–Kier alpha value is -2.53. The molecule has 0 aliphatic carbocycles. The molecule has 1 saturated heterocycles. The van der Waals surface area contributed by atoms with E-state index >= 15 is 0 Å². The summed E-state index contributed by atoms with van der Waals surface area (Å²) in [6.45, 7) is 2.28. The lowest BCUT2D eigenvalue weighted by molar-refractivity contribution is -0.122. The highest BCUT2D eigenvalue weighted by Gasteiger charge is 2.35. The predicted octanol–water partition coefficient (Wildman–Crippen LogP) is 3.71. The van der Waals surface area contributed by atoms with Crippen molar-refractivity contribution in [1.29, 1.82) is 0 Å². The van der Waals surface area contributed by atoms with Crippen molar-refractivity contribution in [3.8, 4) is 0 Å². The summed E-state index contributed by atoms with van der Waals surface area (Å²) in [6, 6.07) is 13.1. The summed E-state index contributed by atoms with van der Waals surface area (Å²) in [5.74, 6) is -0.544. The Bertz CT molecular complexity index is 833. The van der Waals surface area contributed by atoms with E-state index in [2.05, 4.69) is 5.32 Å². The predicted molar refractivity (Wildman–Crippen MR) is 106 cm³/mol.